The number of aryl methyl sites for hydroxylation is 1. The molecule has 0 aliphatic heterocycles. The number of rotatable bonds is 7. The lowest BCUT2D eigenvalue weighted by molar-refractivity contribution is 0.628. The minimum Gasteiger partial charge on any atom is -0.354 e. The van der Waals surface area contributed by atoms with Crippen molar-refractivity contribution in [3.8, 4) is 0 Å². The van der Waals surface area contributed by atoms with Crippen LogP contribution in [0, 0.1) is 5.82 Å². The Balaban J connectivity index is 1.47. The van der Waals surface area contributed by atoms with Crippen LogP contribution in [0.5, 0.6) is 0 Å². The number of anilines is 3. The van der Waals surface area contributed by atoms with E-state index in [1.807, 2.05) is 10.8 Å². The van der Waals surface area contributed by atoms with E-state index in [2.05, 4.69) is 35.8 Å². The number of nitrogens with one attached hydrogen (secondary N) is 3. The number of halogens is 1. The second-order valence-electron chi connectivity index (χ2n) is 5.74. The zero-order valence-electron chi connectivity index (χ0n) is 13.9. The van der Waals surface area contributed by atoms with Gasteiger partial charge >= 0.3 is 0 Å². The number of H-pyrrole nitrogens is 1. The molecular weight excluding hydrogens is 335 g/mol. The van der Waals surface area contributed by atoms with Gasteiger partial charge in [-0.1, -0.05) is 0 Å². The summed E-state index contributed by atoms with van der Waals surface area (Å²) in [5.74, 6) is 0.816. The second-order valence-corrected chi connectivity index (χ2v) is 5.74. The van der Waals surface area contributed by atoms with Crippen molar-refractivity contribution in [3.05, 3.63) is 55.0 Å². The van der Waals surface area contributed by atoms with Crippen LogP contribution in [-0.2, 0) is 6.54 Å². The summed E-state index contributed by atoms with van der Waals surface area (Å²) in [6.07, 6.45) is 8.04. The first kappa shape index (κ1) is 16.0. The summed E-state index contributed by atoms with van der Waals surface area (Å²) in [5.41, 5.74) is 1.36. The van der Waals surface area contributed by atoms with Crippen molar-refractivity contribution in [2.24, 2.45) is 0 Å². The molecule has 0 saturated carbocycles. The molecule has 3 aromatic heterocycles. The highest BCUT2D eigenvalue weighted by molar-refractivity contribution is 5.88. The zero-order chi connectivity index (χ0) is 17.8. The summed E-state index contributed by atoms with van der Waals surface area (Å²) in [4.78, 5) is 13.0. The molecule has 0 radical (unpaired) electrons. The summed E-state index contributed by atoms with van der Waals surface area (Å²) in [5, 5.41) is 14.0. The van der Waals surface area contributed by atoms with E-state index in [4.69, 9.17) is 0 Å². The molecule has 3 N–H and O–H groups in total. The van der Waals surface area contributed by atoms with Crippen molar-refractivity contribution in [2.45, 2.75) is 13.0 Å². The average molecular weight is 352 g/mol. The molecule has 0 aliphatic rings. The van der Waals surface area contributed by atoms with Gasteiger partial charge in [-0.05, 0) is 30.7 Å². The summed E-state index contributed by atoms with van der Waals surface area (Å²) >= 11 is 0. The fourth-order valence-corrected chi connectivity index (χ4v) is 2.56. The number of aromatic nitrogens is 6. The molecule has 3 heterocycles. The number of benzene rings is 1. The van der Waals surface area contributed by atoms with Crippen LogP contribution in [0.4, 0.5) is 21.8 Å². The first-order chi connectivity index (χ1) is 12.8. The first-order valence-electron chi connectivity index (χ1n) is 8.21. The maximum atomic E-state index is 13.1. The maximum Gasteiger partial charge on any atom is 0.226 e. The molecule has 0 spiro atoms. The van der Waals surface area contributed by atoms with Gasteiger partial charge in [-0.25, -0.2) is 9.37 Å². The third kappa shape index (κ3) is 3.61. The van der Waals surface area contributed by atoms with Crippen molar-refractivity contribution < 1.29 is 4.39 Å². The molecule has 0 bridgehead atoms. The van der Waals surface area contributed by atoms with Crippen molar-refractivity contribution in [3.63, 3.8) is 0 Å². The number of hydrogen-bond donors (Lipinski definition) is 3. The van der Waals surface area contributed by atoms with E-state index < -0.39 is 0 Å². The molecule has 4 rings (SSSR count). The molecule has 8 nitrogen and oxygen atoms in total. The molecule has 26 heavy (non-hydrogen) atoms. The highest BCUT2D eigenvalue weighted by Crippen LogP contribution is 2.23. The summed E-state index contributed by atoms with van der Waals surface area (Å²) < 4.78 is 15.1. The Kier molecular flexibility index (Phi) is 4.42. The molecule has 1 aromatic carbocycles. The average Bonchev–Trinajstić information content (AvgIpc) is 3.32. The highest BCUT2D eigenvalue weighted by atomic mass is 19.1. The predicted molar refractivity (Wildman–Crippen MR) is 96.7 cm³/mol. The van der Waals surface area contributed by atoms with E-state index in [0.717, 1.165) is 24.0 Å². The fourth-order valence-electron chi connectivity index (χ4n) is 2.56. The largest absolute Gasteiger partial charge is 0.354 e. The van der Waals surface area contributed by atoms with Crippen LogP contribution in [0.25, 0.3) is 11.0 Å². The van der Waals surface area contributed by atoms with Crippen LogP contribution >= 0.6 is 0 Å². The van der Waals surface area contributed by atoms with Crippen LogP contribution in [0.2, 0.25) is 0 Å². The van der Waals surface area contributed by atoms with E-state index >= 15 is 0 Å². The zero-order valence-corrected chi connectivity index (χ0v) is 13.9. The van der Waals surface area contributed by atoms with Gasteiger partial charge in [-0.15, -0.1) is 0 Å². The normalized spacial score (nSPS) is 11.0. The molecule has 0 atom stereocenters. The SMILES string of the molecule is Fc1ccc(Nc2nc(NCCCn3ccnc3)nc3[nH]ncc23)cc1. The lowest BCUT2D eigenvalue weighted by Gasteiger charge is -2.10. The smallest absolute Gasteiger partial charge is 0.226 e. The van der Waals surface area contributed by atoms with Gasteiger partial charge in [0.05, 0.1) is 17.9 Å². The minimum absolute atomic E-state index is 0.285. The molecule has 0 amide bonds. The Morgan fingerprint density at radius 1 is 1.15 bits per heavy atom. The number of aromatic amines is 1. The van der Waals surface area contributed by atoms with Gasteiger partial charge in [0.1, 0.15) is 11.6 Å². The number of nitrogens with zero attached hydrogens (tertiary/aromatic N) is 5. The standard InChI is InChI=1S/C17H17FN8/c18-12-2-4-13(5-3-12)22-15-14-10-21-25-16(14)24-17(23-15)20-6-1-8-26-9-7-19-11-26/h2-5,7,9-11H,1,6,8H2,(H3,20,21,22,23,24,25). The van der Waals surface area contributed by atoms with Crippen molar-refractivity contribution in [1.82, 2.24) is 29.7 Å². The summed E-state index contributed by atoms with van der Waals surface area (Å²) in [6.45, 7) is 1.58. The Hall–Kier alpha value is -3.49. The van der Waals surface area contributed by atoms with E-state index in [1.165, 1.54) is 12.1 Å². The Morgan fingerprint density at radius 2 is 2.04 bits per heavy atom. The van der Waals surface area contributed by atoms with E-state index in [9.17, 15) is 4.39 Å². The van der Waals surface area contributed by atoms with Gasteiger partial charge in [-0.3, -0.25) is 5.10 Å². The van der Waals surface area contributed by atoms with Crippen molar-refractivity contribution in [2.75, 3.05) is 17.2 Å². The van der Waals surface area contributed by atoms with Crippen LogP contribution in [0.15, 0.2) is 49.2 Å². The highest BCUT2D eigenvalue weighted by Gasteiger charge is 2.10. The molecule has 132 valence electrons. The van der Waals surface area contributed by atoms with Gasteiger partial charge in [0.25, 0.3) is 0 Å². The molecule has 0 aliphatic carbocycles. The van der Waals surface area contributed by atoms with Crippen LogP contribution in [-0.4, -0.2) is 36.3 Å². The van der Waals surface area contributed by atoms with Gasteiger partial charge in [0.15, 0.2) is 5.65 Å². The molecule has 0 fully saturated rings. The molecular formula is C17H17FN8. The molecule has 9 heteroatoms. The number of hydrogen-bond acceptors (Lipinski definition) is 6. The van der Waals surface area contributed by atoms with E-state index in [0.29, 0.717) is 24.0 Å². The molecule has 0 saturated heterocycles. The Bertz CT molecular complexity index is 978. The third-order valence-electron chi connectivity index (χ3n) is 3.85. The topological polar surface area (TPSA) is 96.3 Å². The lowest BCUT2D eigenvalue weighted by Crippen LogP contribution is -2.09. The maximum absolute atomic E-state index is 13.1. The Morgan fingerprint density at radius 3 is 2.85 bits per heavy atom. The van der Waals surface area contributed by atoms with Crippen LogP contribution in [0.3, 0.4) is 0 Å². The van der Waals surface area contributed by atoms with E-state index in [-0.39, 0.29) is 5.82 Å². The molecule has 0 unspecified atom stereocenters. The van der Waals surface area contributed by atoms with Crippen LogP contribution < -0.4 is 10.6 Å². The fraction of sp³-hybridized carbons (Fsp3) is 0.176. The van der Waals surface area contributed by atoms with Gasteiger partial charge in [-0.2, -0.15) is 15.1 Å². The monoisotopic (exact) mass is 352 g/mol. The quantitative estimate of drug-likeness (QED) is 0.443. The summed E-state index contributed by atoms with van der Waals surface area (Å²) in [7, 11) is 0. The van der Waals surface area contributed by atoms with Crippen molar-refractivity contribution >= 4 is 28.5 Å². The van der Waals surface area contributed by atoms with Gasteiger partial charge in [0, 0.05) is 31.2 Å². The summed E-state index contributed by atoms with van der Waals surface area (Å²) in [6, 6.07) is 6.10. The van der Waals surface area contributed by atoms with Crippen LogP contribution in [0.1, 0.15) is 6.42 Å². The van der Waals surface area contributed by atoms with Gasteiger partial charge < -0.3 is 15.2 Å². The number of fused-ring (bicyclic) bond motifs is 1. The van der Waals surface area contributed by atoms with Gasteiger partial charge in [0.2, 0.25) is 5.95 Å². The lowest BCUT2D eigenvalue weighted by atomic mass is 10.3. The van der Waals surface area contributed by atoms with Crippen molar-refractivity contribution in [1.29, 1.82) is 0 Å². The third-order valence-corrected chi connectivity index (χ3v) is 3.85. The second kappa shape index (κ2) is 7.18. The predicted octanol–water partition coefficient (Wildman–Crippen LogP) is 2.93. The Labute approximate surface area is 148 Å². The molecule has 4 aromatic rings. The first-order valence-corrected chi connectivity index (χ1v) is 8.21. The van der Waals surface area contributed by atoms with E-state index in [1.54, 1.807) is 30.9 Å². The minimum atomic E-state index is -0.285. The number of imidazole rings is 1.